The van der Waals surface area contributed by atoms with E-state index >= 15 is 0 Å². The van der Waals surface area contributed by atoms with Crippen molar-refractivity contribution < 1.29 is 9.50 Å². The summed E-state index contributed by atoms with van der Waals surface area (Å²) in [5, 5.41) is 12.3. The van der Waals surface area contributed by atoms with Gasteiger partial charge in [-0.1, -0.05) is 26.8 Å². The van der Waals surface area contributed by atoms with Crippen molar-refractivity contribution in [1.29, 1.82) is 0 Å². The molecule has 0 aliphatic carbocycles. The Kier molecular flexibility index (Phi) is 4.74. The van der Waals surface area contributed by atoms with Crippen LogP contribution in [0.3, 0.4) is 0 Å². The van der Waals surface area contributed by atoms with Crippen molar-refractivity contribution in [3.8, 4) is 5.75 Å². The van der Waals surface area contributed by atoms with Crippen molar-refractivity contribution >= 4 is 0 Å². The molecule has 0 aromatic heterocycles. The molecule has 16 heavy (non-hydrogen) atoms. The van der Waals surface area contributed by atoms with Crippen LogP contribution in [0.4, 0.5) is 4.39 Å². The number of phenolic OH excluding ortho intramolecular Hbond substituents is 1. The van der Waals surface area contributed by atoms with E-state index < -0.39 is 5.82 Å². The molecule has 90 valence electrons. The largest absolute Gasteiger partial charge is 0.505 e. The summed E-state index contributed by atoms with van der Waals surface area (Å²) in [5.41, 5.74) is 0.853. The molecular formula is C13H20FNO. The highest BCUT2D eigenvalue weighted by Crippen LogP contribution is 2.16. The van der Waals surface area contributed by atoms with Gasteiger partial charge in [0, 0.05) is 6.54 Å². The Morgan fingerprint density at radius 2 is 2.00 bits per heavy atom. The Labute approximate surface area is 96.5 Å². The van der Waals surface area contributed by atoms with Gasteiger partial charge < -0.3 is 10.4 Å². The van der Waals surface area contributed by atoms with Gasteiger partial charge in [-0.05, 0) is 36.1 Å². The van der Waals surface area contributed by atoms with Crippen molar-refractivity contribution in [2.45, 2.75) is 27.3 Å². The predicted molar refractivity (Wildman–Crippen MR) is 63.8 cm³/mol. The topological polar surface area (TPSA) is 32.3 Å². The quantitative estimate of drug-likeness (QED) is 0.807. The van der Waals surface area contributed by atoms with Crippen LogP contribution in [0.1, 0.15) is 26.3 Å². The van der Waals surface area contributed by atoms with Gasteiger partial charge in [0.2, 0.25) is 0 Å². The highest BCUT2D eigenvalue weighted by molar-refractivity contribution is 5.27. The summed E-state index contributed by atoms with van der Waals surface area (Å²) in [5.74, 6) is 0.390. The van der Waals surface area contributed by atoms with E-state index in [0.717, 1.165) is 12.1 Å². The van der Waals surface area contributed by atoms with Crippen LogP contribution in [0, 0.1) is 17.7 Å². The number of hydrogen-bond donors (Lipinski definition) is 2. The minimum absolute atomic E-state index is 0.292. The van der Waals surface area contributed by atoms with Gasteiger partial charge in [0.1, 0.15) is 0 Å². The zero-order chi connectivity index (χ0) is 12.1. The normalized spacial score (nSPS) is 13.1. The third kappa shape index (κ3) is 3.81. The Morgan fingerprint density at radius 3 is 2.56 bits per heavy atom. The lowest BCUT2D eigenvalue weighted by Gasteiger charge is -2.16. The molecule has 1 rings (SSSR count). The third-order valence-electron chi connectivity index (χ3n) is 2.95. The van der Waals surface area contributed by atoms with E-state index in [4.69, 9.17) is 5.11 Å². The van der Waals surface area contributed by atoms with Gasteiger partial charge in [0.15, 0.2) is 11.6 Å². The number of phenols is 1. The number of hydrogen-bond acceptors (Lipinski definition) is 2. The molecule has 0 fully saturated rings. The Hall–Kier alpha value is -1.09. The van der Waals surface area contributed by atoms with Crippen LogP contribution in [0.15, 0.2) is 18.2 Å². The first-order valence-corrected chi connectivity index (χ1v) is 5.68. The predicted octanol–water partition coefficient (Wildman–Crippen LogP) is 2.91. The number of halogens is 1. The summed E-state index contributed by atoms with van der Waals surface area (Å²) in [6, 6.07) is 4.48. The van der Waals surface area contributed by atoms with Crippen molar-refractivity contribution in [2.75, 3.05) is 6.54 Å². The summed E-state index contributed by atoms with van der Waals surface area (Å²) in [6.45, 7) is 8.11. The van der Waals surface area contributed by atoms with Crippen LogP contribution in [-0.4, -0.2) is 11.7 Å². The molecule has 3 heteroatoms. The van der Waals surface area contributed by atoms with Crippen LogP contribution >= 0.6 is 0 Å². The van der Waals surface area contributed by atoms with Crippen molar-refractivity contribution in [2.24, 2.45) is 11.8 Å². The summed E-state index contributed by atoms with van der Waals surface area (Å²) in [6.07, 6.45) is 0. The second-order valence-electron chi connectivity index (χ2n) is 4.64. The van der Waals surface area contributed by atoms with E-state index in [0.29, 0.717) is 18.4 Å². The first-order valence-electron chi connectivity index (χ1n) is 5.68. The van der Waals surface area contributed by atoms with Crippen LogP contribution in [0.5, 0.6) is 5.75 Å². The van der Waals surface area contributed by atoms with Gasteiger partial charge in [-0.3, -0.25) is 0 Å². The van der Waals surface area contributed by atoms with Crippen molar-refractivity contribution in [3.05, 3.63) is 29.6 Å². The lowest BCUT2D eigenvalue weighted by molar-refractivity contribution is 0.392. The maximum Gasteiger partial charge on any atom is 0.165 e. The third-order valence-corrected chi connectivity index (χ3v) is 2.95. The number of nitrogens with one attached hydrogen (secondary N) is 1. The van der Waals surface area contributed by atoms with E-state index in [9.17, 15) is 4.39 Å². The molecule has 2 N–H and O–H groups in total. The molecular weight excluding hydrogens is 205 g/mol. The fourth-order valence-corrected chi connectivity index (χ4v) is 1.34. The minimum Gasteiger partial charge on any atom is -0.505 e. The Balaban J connectivity index is 2.40. The van der Waals surface area contributed by atoms with E-state index in [2.05, 4.69) is 26.1 Å². The van der Waals surface area contributed by atoms with Crippen LogP contribution in [0.2, 0.25) is 0 Å². The molecule has 1 aromatic rings. The van der Waals surface area contributed by atoms with Crippen molar-refractivity contribution in [3.63, 3.8) is 0 Å². The fraction of sp³-hybridized carbons (Fsp3) is 0.538. The highest BCUT2D eigenvalue weighted by atomic mass is 19.1. The first-order chi connectivity index (χ1) is 7.50. The fourth-order valence-electron chi connectivity index (χ4n) is 1.34. The molecule has 1 unspecified atom stereocenters. The lowest BCUT2D eigenvalue weighted by atomic mass is 9.98. The molecule has 0 aliphatic heterocycles. The van der Waals surface area contributed by atoms with E-state index in [-0.39, 0.29) is 5.75 Å². The standard InChI is InChI=1S/C13H20FNO/c1-9(2)10(3)7-15-8-11-4-5-13(16)12(14)6-11/h4-6,9-10,15-16H,7-8H2,1-3H3. The molecule has 0 amide bonds. The molecule has 0 saturated carbocycles. The molecule has 0 radical (unpaired) electrons. The van der Waals surface area contributed by atoms with Crippen molar-refractivity contribution in [1.82, 2.24) is 5.32 Å². The van der Waals surface area contributed by atoms with E-state index in [1.165, 1.54) is 12.1 Å². The van der Waals surface area contributed by atoms with Gasteiger partial charge >= 0.3 is 0 Å². The van der Waals surface area contributed by atoms with Crippen LogP contribution in [-0.2, 0) is 6.54 Å². The molecule has 0 spiro atoms. The number of benzene rings is 1. The van der Waals surface area contributed by atoms with Gasteiger partial charge in [-0.15, -0.1) is 0 Å². The Bertz CT molecular complexity index is 339. The van der Waals surface area contributed by atoms with E-state index in [1.807, 2.05) is 0 Å². The van der Waals surface area contributed by atoms with E-state index in [1.54, 1.807) is 6.07 Å². The molecule has 0 saturated heterocycles. The number of rotatable bonds is 5. The summed E-state index contributed by atoms with van der Waals surface area (Å²) >= 11 is 0. The lowest BCUT2D eigenvalue weighted by Crippen LogP contribution is -2.23. The summed E-state index contributed by atoms with van der Waals surface area (Å²) in [4.78, 5) is 0. The molecule has 0 bridgehead atoms. The number of aromatic hydroxyl groups is 1. The zero-order valence-corrected chi connectivity index (χ0v) is 10.1. The smallest absolute Gasteiger partial charge is 0.165 e. The second kappa shape index (κ2) is 5.85. The maximum atomic E-state index is 13.0. The van der Waals surface area contributed by atoms with Gasteiger partial charge in [-0.25, -0.2) is 4.39 Å². The summed E-state index contributed by atoms with van der Waals surface area (Å²) < 4.78 is 13.0. The molecule has 1 aromatic carbocycles. The highest BCUT2D eigenvalue weighted by Gasteiger charge is 2.06. The minimum atomic E-state index is -0.559. The average Bonchev–Trinajstić information content (AvgIpc) is 2.23. The molecule has 0 heterocycles. The monoisotopic (exact) mass is 225 g/mol. The molecule has 2 nitrogen and oxygen atoms in total. The van der Waals surface area contributed by atoms with Crippen LogP contribution in [0.25, 0.3) is 0 Å². The van der Waals surface area contributed by atoms with Gasteiger partial charge in [0.05, 0.1) is 0 Å². The SMILES string of the molecule is CC(C)C(C)CNCc1ccc(O)c(F)c1. The second-order valence-corrected chi connectivity index (χ2v) is 4.64. The Morgan fingerprint density at radius 1 is 1.31 bits per heavy atom. The first kappa shape index (κ1) is 13.0. The molecule has 1 atom stereocenters. The van der Waals surface area contributed by atoms with Gasteiger partial charge in [-0.2, -0.15) is 0 Å². The van der Waals surface area contributed by atoms with Gasteiger partial charge in [0.25, 0.3) is 0 Å². The van der Waals surface area contributed by atoms with Crippen LogP contribution < -0.4 is 5.32 Å². The average molecular weight is 225 g/mol. The molecule has 0 aliphatic rings. The zero-order valence-electron chi connectivity index (χ0n) is 10.1. The summed E-state index contributed by atoms with van der Waals surface area (Å²) in [7, 11) is 0. The maximum absolute atomic E-state index is 13.0.